The van der Waals surface area contributed by atoms with Crippen LogP contribution < -0.4 is 9.46 Å². The molecule has 0 bridgehead atoms. The summed E-state index contributed by atoms with van der Waals surface area (Å²) in [6.45, 7) is 2.48. The van der Waals surface area contributed by atoms with E-state index < -0.39 is 11.0 Å². The summed E-state index contributed by atoms with van der Waals surface area (Å²) in [6.07, 6.45) is 3.42. The molecule has 26 heavy (non-hydrogen) atoms. The fraction of sp³-hybridized carbons (Fsp3) is 0.278. The predicted octanol–water partition coefficient (Wildman–Crippen LogP) is 5.37. The van der Waals surface area contributed by atoms with Gasteiger partial charge in [-0.25, -0.2) is 4.21 Å². The van der Waals surface area contributed by atoms with Crippen LogP contribution in [0.15, 0.2) is 34.9 Å². The molecule has 1 atom stereocenters. The van der Waals surface area contributed by atoms with E-state index in [1.807, 2.05) is 12.1 Å². The molecule has 0 aliphatic carbocycles. The van der Waals surface area contributed by atoms with E-state index >= 15 is 0 Å². The van der Waals surface area contributed by atoms with E-state index in [4.69, 9.17) is 32.5 Å². The average Bonchev–Trinajstić information content (AvgIpc) is 2.97. The molecule has 2 aromatic carbocycles. The van der Waals surface area contributed by atoms with E-state index in [0.29, 0.717) is 33.8 Å². The number of hydrogen-bond acceptors (Lipinski definition) is 4. The summed E-state index contributed by atoms with van der Waals surface area (Å²) >= 11 is 12.0. The number of aryl methyl sites for hydroxylation is 1. The topological polar surface area (TPSA) is 64.4 Å². The van der Waals surface area contributed by atoms with Gasteiger partial charge in [-0.1, -0.05) is 41.7 Å². The van der Waals surface area contributed by atoms with Crippen molar-refractivity contribution < 1.29 is 13.5 Å². The Bertz CT molecular complexity index is 959. The van der Waals surface area contributed by atoms with Crippen molar-refractivity contribution in [2.45, 2.75) is 26.4 Å². The molecule has 0 radical (unpaired) electrons. The number of fused-ring (bicyclic) bond motifs is 1. The molecule has 1 N–H and O–H groups in total. The average molecular weight is 413 g/mol. The third kappa shape index (κ3) is 4.31. The van der Waals surface area contributed by atoms with Crippen LogP contribution in [0.5, 0.6) is 5.75 Å². The molecule has 0 aliphatic rings. The van der Waals surface area contributed by atoms with Crippen LogP contribution in [-0.4, -0.2) is 15.6 Å². The van der Waals surface area contributed by atoms with Crippen molar-refractivity contribution in [3.8, 4) is 5.75 Å². The standard InChI is InChI=1S/C18H18Cl2N2O3S/c1-3-4-11-7-14-17(25-21-18(14)22-26(2)23)8-12(11)10-24-13-5-6-15(19)16(20)9-13/h5-9H,3-4,10H2,1-2H3,(H,21,22). The quantitative estimate of drug-likeness (QED) is 0.566. The van der Waals surface area contributed by atoms with Crippen molar-refractivity contribution in [3.63, 3.8) is 0 Å². The lowest BCUT2D eigenvalue weighted by atomic mass is 10.0. The normalized spacial score (nSPS) is 12.3. The molecule has 1 unspecified atom stereocenters. The zero-order valence-corrected chi connectivity index (χ0v) is 16.7. The number of hydrogen-bond donors (Lipinski definition) is 1. The first-order valence-electron chi connectivity index (χ1n) is 8.07. The Morgan fingerprint density at radius 3 is 2.69 bits per heavy atom. The van der Waals surface area contributed by atoms with Gasteiger partial charge in [0.1, 0.15) is 23.3 Å². The molecule has 0 saturated carbocycles. The smallest absolute Gasteiger partial charge is 0.189 e. The second-order valence-corrected chi connectivity index (χ2v) is 7.75. The second kappa shape index (κ2) is 8.29. The molecule has 138 valence electrons. The number of anilines is 1. The van der Waals surface area contributed by atoms with Crippen LogP contribution in [0.2, 0.25) is 10.0 Å². The van der Waals surface area contributed by atoms with E-state index in [1.54, 1.807) is 24.5 Å². The molecule has 0 saturated heterocycles. The van der Waals surface area contributed by atoms with Gasteiger partial charge in [0.2, 0.25) is 0 Å². The first-order valence-corrected chi connectivity index (χ1v) is 10.4. The van der Waals surface area contributed by atoms with Crippen LogP contribution in [0.1, 0.15) is 24.5 Å². The number of ether oxygens (including phenoxy) is 1. The lowest BCUT2D eigenvalue weighted by Crippen LogP contribution is -2.03. The minimum absolute atomic E-state index is 0.367. The van der Waals surface area contributed by atoms with E-state index in [2.05, 4.69) is 16.8 Å². The predicted molar refractivity (Wildman–Crippen MR) is 106 cm³/mol. The molecular weight excluding hydrogens is 395 g/mol. The highest BCUT2D eigenvalue weighted by Crippen LogP contribution is 2.30. The summed E-state index contributed by atoms with van der Waals surface area (Å²) in [6, 6.07) is 9.09. The lowest BCUT2D eigenvalue weighted by Gasteiger charge is -2.11. The van der Waals surface area contributed by atoms with E-state index in [1.165, 1.54) is 0 Å². The van der Waals surface area contributed by atoms with Crippen molar-refractivity contribution in [2.24, 2.45) is 0 Å². The van der Waals surface area contributed by atoms with Gasteiger partial charge >= 0.3 is 0 Å². The molecule has 0 aliphatic heterocycles. The summed E-state index contributed by atoms with van der Waals surface area (Å²) in [5.74, 6) is 1.12. The summed E-state index contributed by atoms with van der Waals surface area (Å²) in [7, 11) is -1.22. The third-order valence-corrected chi connectivity index (χ3v) is 5.06. The molecule has 3 rings (SSSR count). The number of nitrogens with one attached hydrogen (secondary N) is 1. The number of benzene rings is 2. The van der Waals surface area contributed by atoms with Crippen LogP contribution in [0.3, 0.4) is 0 Å². The highest BCUT2D eigenvalue weighted by Gasteiger charge is 2.14. The van der Waals surface area contributed by atoms with Crippen LogP contribution in [0.25, 0.3) is 11.0 Å². The number of nitrogens with zero attached hydrogens (tertiary/aromatic N) is 1. The molecular formula is C18H18Cl2N2O3S. The summed E-state index contributed by atoms with van der Waals surface area (Å²) in [4.78, 5) is 0. The Hall–Kier alpha value is -1.76. The molecule has 8 heteroatoms. The largest absolute Gasteiger partial charge is 0.489 e. The number of aromatic nitrogens is 1. The first-order chi connectivity index (χ1) is 12.5. The maximum atomic E-state index is 11.4. The van der Waals surface area contributed by atoms with Crippen LogP contribution in [0, 0.1) is 0 Å². The van der Waals surface area contributed by atoms with Crippen LogP contribution >= 0.6 is 23.2 Å². The van der Waals surface area contributed by atoms with Crippen molar-refractivity contribution in [1.82, 2.24) is 5.16 Å². The Balaban J connectivity index is 1.89. The van der Waals surface area contributed by atoms with Crippen molar-refractivity contribution in [2.75, 3.05) is 11.0 Å². The van der Waals surface area contributed by atoms with Gasteiger partial charge in [-0.05, 0) is 41.8 Å². The Morgan fingerprint density at radius 1 is 1.19 bits per heavy atom. The van der Waals surface area contributed by atoms with Gasteiger partial charge in [0.25, 0.3) is 0 Å². The SMILES string of the molecule is CCCc1cc2c(NS(C)=O)noc2cc1COc1ccc(Cl)c(Cl)c1. The van der Waals surface area contributed by atoms with Crippen molar-refractivity contribution in [1.29, 1.82) is 0 Å². The Labute approximate surface area is 164 Å². The number of halogens is 2. The van der Waals surface area contributed by atoms with Gasteiger partial charge in [-0.3, -0.25) is 4.72 Å². The Morgan fingerprint density at radius 2 is 2.00 bits per heavy atom. The monoisotopic (exact) mass is 412 g/mol. The van der Waals surface area contributed by atoms with Crippen molar-refractivity contribution in [3.05, 3.63) is 51.5 Å². The minimum atomic E-state index is -1.22. The molecule has 0 spiro atoms. The lowest BCUT2D eigenvalue weighted by molar-refractivity contribution is 0.305. The summed E-state index contributed by atoms with van der Waals surface area (Å²) in [5.41, 5.74) is 2.75. The zero-order valence-electron chi connectivity index (χ0n) is 14.3. The fourth-order valence-electron chi connectivity index (χ4n) is 2.65. The van der Waals surface area contributed by atoms with Gasteiger partial charge in [0, 0.05) is 12.3 Å². The summed E-state index contributed by atoms with van der Waals surface area (Å²) < 4.78 is 25.5. The molecule has 0 fully saturated rings. The van der Waals surface area contributed by atoms with Crippen LogP contribution in [0.4, 0.5) is 5.82 Å². The van der Waals surface area contributed by atoms with Gasteiger partial charge in [0.05, 0.1) is 15.4 Å². The first kappa shape index (κ1) is 19.0. The third-order valence-electron chi connectivity index (χ3n) is 3.84. The molecule has 5 nitrogen and oxygen atoms in total. The summed E-state index contributed by atoms with van der Waals surface area (Å²) in [5, 5.41) is 5.71. The fourth-order valence-corrected chi connectivity index (χ4v) is 3.35. The molecule has 1 heterocycles. The van der Waals surface area contributed by atoms with Crippen molar-refractivity contribution >= 4 is 51.0 Å². The van der Waals surface area contributed by atoms with Gasteiger partial charge in [-0.15, -0.1) is 0 Å². The number of rotatable bonds is 7. The van der Waals surface area contributed by atoms with Gasteiger partial charge < -0.3 is 9.26 Å². The van der Waals surface area contributed by atoms with Crippen LogP contribution in [-0.2, 0) is 24.0 Å². The Kier molecular flexibility index (Phi) is 6.06. The molecule has 0 amide bonds. The highest BCUT2D eigenvalue weighted by molar-refractivity contribution is 7.85. The minimum Gasteiger partial charge on any atom is -0.489 e. The van der Waals surface area contributed by atoms with E-state index in [9.17, 15) is 4.21 Å². The van der Waals surface area contributed by atoms with Gasteiger partial charge in [0.15, 0.2) is 11.4 Å². The molecule has 1 aromatic heterocycles. The van der Waals surface area contributed by atoms with E-state index in [0.717, 1.165) is 29.4 Å². The highest BCUT2D eigenvalue weighted by atomic mass is 35.5. The zero-order chi connectivity index (χ0) is 18.7. The molecule has 3 aromatic rings. The van der Waals surface area contributed by atoms with Gasteiger partial charge in [-0.2, -0.15) is 0 Å². The second-order valence-electron chi connectivity index (χ2n) is 5.82. The van der Waals surface area contributed by atoms with E-state index in [-0.39, 0.29) is 0 Å². The maximum Gasteiger partial charge on any atom is 0.189 e. The maximum absolute atomic E-state index is 11.4.